The molecule has 0 aromatic carbocycles. The number of amides is 2. The molecule has 1 aromatic heterocycles. The zero-order valence-electron chi connectivity index (χ0n) is 14.3. The zero-order valence-corrected chi connectivity index (χ0v) is 14.3. The number of aromatic nitrogens is 2. The monoisotopic (exact) mass is 323 g/mol. The molecule has 2 rings (SSSR count). The van der Waals surface area contributed by atoms with Crippen LogP contribution >= 0.6 is 0 Å². The Morgan fingerprint density at radius 2 is 2.13 bits per heavy atom. The van der Waals surface area contributed by atoms with Gasteiger partial charge in [-0.1, -0.05) is 5.16 Å². The Morgan fingerprint density at radius 3 is 2.70 bits per heavy atom. The molecule has 0 N–H and O–H groups in total. The fourth-order valence-electron chi connectivity index (χ4n) is 2.80. The SMILES string of the molecule is CC(=O)N(Cc1noc(C)n1)C1CCN(CCC(=O)N(C)C)C1. The Morgan fingerprint density at radius 1 is 1.39 bits per heavy atom. The molecular formula is C15H25N5O3. The maximum Gasteiger partial charge on any atom is 0.223 e. The van der Waals surface area contributed by atoms with E-state index in [-0.39, 0.29) is 17.9 Å². The summed E-state index contributed by atoms with van der Waals surface area (Å²) < 4.78 is 4.96. The molecule has 1 saturated heterocycles. The van der Waals surface area contributed by atoms with Crippen molar-refractivity contribution in [3.63, 3.8) is 0 Å². The smallest absolute Gasteiger partial charge is 0.223 e. The minimum atomic E-state index is 0.00340. The molecule has 1 aromatic rings. The topological polar surface area (TPSA) is 82.8 Å². The average Bonchev–Trinajstić information content (AvgIpc) is 3.10. The summed E-state index contributed by atoms with van der Waals surface area (Å²) in [6.07, 6.45) is 1.40. The molecule has 0 bridgehead atoms. The van der Waals surface area contributed by atoms with Gasteiger partial charge in [-0.2, -0.15) is 4.98 Å². The predicted molar refractivity (Wildman–Crippen MR) is 83.4 cm³/mol. The molecule has 0 aliphatic carbocycles. The quantitative estimate of drug-likeness (QED) is 0.748. The van der Waals surface area contributed by atoms with Gasteiger partial charge < -0.3 is 19.2 Å². The van der Waals surface area contributed by atoms with E-state index in [4.69, 9.17) is 4.52 Å². The van der Waals surface area contributed by atoms with E-state index in [1.165, 1.54) is 0 Å². The second-order valence-corrected chi connectivity index (χ2v) is 6.16. The van der Waals surface area contributed by atoms with Crippen LogP contribution < -0.4 is 0 Å². The first-order valence-corrected chi connectivity index (χ1v) is 7.85. The number of rotatable bonds is 6. The van der Waals surface area contributed by atoms with Crippen molar-refractivity contribution in [1.29, 1.82) is 0 Å². The minimum Gasteiger partial charge on any atom is -0.349 e. The Labute approximate surface area is 136 Å². The van der Waals surface area contributed by atoms with Gasteiger partial charge >= 0.3 is 0 Å². The fourth-order valence-corrected chi connectivity index (χ4v) is 2.80. The Hall–Kier alpha value is -1.96. The maximum atomic E-state index is 12.0. The lowest BCUT2D eigenvalue weighted by Gasteiger charge is -2.27. The molecule has 2 amide bonds. The van der Waals surface area contributed by atoms with E-state index >= 15 is 0 Å². The van der Waals surface area contributed by atoms with E-state index in [9.17, 15) is 9.59 Å². The van der Waals surface area contributed by atoms with Crippen LogP contribution in [0.25, 0.3) is 0 Å². The summed E-state index contributed by atoms with van der Waals surface area (Å²) in [6, 6.07) is 0.126. The molecule has 1 atom stereocenters. The first-order valence-electron chi connectivity index (χ1n) is 7.85. The highest BCUT2D eigenvalue weighted by Crippen LogP contribution is 2.18. The summed E-state index contributed by atoms with van der Waals surface area (Å²) in [5.74, 6) is 1.15. The summed E-state index contributed by atoms with van der Waals surface area (Å²) in [7, 11) is 3.53. The van der Waals surface area contributed by atoms with Crippen molar-refractivity contribution in [2.75, 3.05) is 33.7 Å². The van der Waals surface area contributed by atoms with Crippen LogP contribution in [0.5, 0.6) is 0 Å². The van der Waals surface area contributed by atoms with Crippen LogP contribution in [-0.4, -0.2) is 76.4 Å². The Bertz CT molecular complexity index is 557. The summed E-state index contributed by atoms with van der Waals surface area (Å²) in [6.45, 7) is 6.04. The largest absolute Gasteiger partial charge is 0.349 e. The number of carbonyl (C=O) groups excluding carboxylic acids is 2. The van der Waals surface area contributed by atoms with Crippen LogP contribution in [0.3, 0.4) is 0 Å². The third-order valence-electron chi connectivity index (χ3n) is 4.11. The lowest BCUT2D eigenvalue weighted by atomic mass is 10.2. The molecule has 1 aliphatic rings. The van der Waals surface area contributed by atoms with Gasteiger partial charge in [-0.05, 0) is 6.42 Å². The van der Waals surface area contributed by atoms with Crippen molar-refractivity contribution in [3.8, 4) is 0 Å². The molecule has 1 fully saturated rings. The van der Waals surface area contributed by atoms with Crippen LogP contribution in [-0.2, 0) is 16.1 Å². The van der Waals surface area contributed by atoms with Crippen LogP contribution in [0.2, 0.25) is 0 Å². The van der Waals surface area contributed by atoms with Gasteiger partial charge in [-0.25, -0.2) is 0 Å². The van der Waals surface area contributed by atoms with E-state index in [1.54, 1.807) is 37.7 Å². The van der Waals surface area contributed by atoms with E-state index in [0.717, 1.165) is 26.1 Å². The standard InChI is InChI=1S/C15H25N5O3/c1-11-16-14(17-23-11)10-20(12(2)21)13-5-7-19(9-13)8-6-15(22)18(3)4/h13H,5-10H2,1-4H3. The summed E-state index contributed by atoms with van der Waals surface area (Å²) in [4.78, 5) is 33.4. The number of nitrogens with zero attached hydrogens (tertiary/aromatic N) is 5. The van der Waals surface area contributed by atoms with Gasteiger partial charge in [0.1, 0.15) is 0 Å². The molecule has 1 unspecified atom stereocenters. The van der Waals surface area contributed by atoms with Crippen LogP contribution in [0.15, 0.2) is 4.52 Å². The summed E-state index contributed by atoms with van der Waals surface area (Å²) >= 11 is 0. The maximum absolute atomic E-state index is 12.0. The van der Waals surface area contributed by atoms with Crippen molar-refractivity contribution < 1.29 is 14.1 Å². The molecule has 0 radical (unpaired) electrons. The molecular weight excluding hydrogens is 298 g/mol. The number of likely N-dealkylation sites (tertiary alicyclic amines) is 1. The molecule has 128 valence electrons. The highest BCUT2D eigenvalue weighted by atomic mass is 16.5. The lowest BCUT2D eigenvalue weighted by molar-refractivity contribution is -0.132. The second-order valence-electron chi connectivity index (χ2n) is 6.16. The van der Waals surface area contributed by atoms with Gasteiger partial charge in [0.25, 0.3) is 0 Å². The van der Waals surface area contributed by atoms with Crippen molar-refractivity contribution >= 4 is 11.8 Å². The molecule has 0 saturated carbocycles. The highest BCUT2D eigenvalue weighted by molar-refractivity contribution is 5.75. The van der Waals surface area contributed by atoms with Gasteiger partial charge in [-0.15, -0.1) is 0 Å². The first kappa shape index (κ1) is 17.4. The summed E-state index contributed by atoms with van der Waals surface area (Å²) in [5.41, 5.74) is 0. The molecule has 8 nitrogen and oxygen atoms in total. The highest BCUT2D eigenvalue weighted by Gasteiger charge is 2.30. The zero-order chi connectivity index (χ0) is 17.0. The van der Waals surface area contributed by atoms with Gasteiger partial charge in [-0.3, -0.25) is 9.59 Å². The van der Waals surface area contributed by atoms with E-state index in [1.807, 2.05) is 0 Å². The average molecular weight is 323 g/mol. The first-order chi connectivity index (χ1) is 10.9. The van der Waals surface area contributed by atoms with Crippen molar-refractivity contribution in [2.45, 2.75) is 39.3 Å². The Balaban J connectivity index is 1.89. The molecule has 8 heteroatoms. The number of carbonyl (C=O) groups is 2. The summed E-state index contributed by atoms with van der Waals surface area (Å²) in [5, 5.41) is 3.86. The van der Waals surface area contributed by atoms with Crippen LogP contribution in [0.1, 0.15) is 31.5 Å². The number of hydrogen-bond acceptors (Lipinski definition) is 6. The molecule has 0 spiro atoms. The van der Waals surface area contributed by atoms with E-state index in [2.05, 4.69) is 15.0 Å². The van der Waals surface area contributed by atoms with Gasteiger partial charge in [0.2, 0.25) is 17.7 Å². The van der Waals surface area contributed by atoms with Crippen LogP contribution in [0, 0.1) is 6.92 Å². The Kier molecular flexibility index (Phi) is 5.70. The molecule has 2 heterocycles. The molecule has 1 aliphatic heterocycles. The predicted octanol–water partition coefficient (Wildman–Crippen LogP) is 0.279. The van der Waals surface area contributed by atoms with Gasteiger partial charge in [0.15, 0.2) is 5.82 Å². The van der Waals surface area contributed by atoms with Gasteiger partial charge in [0, 0.05) is 60.0 Å². The number of aryl methyl sites for hydroxylation is 1. The van der Waals surface area contributed by atoms with Crippen molar-refractivity contribution in [1.82, 2.24) is 24.8 Å². The van der Waals surface area contributed by atoms with Crippen molar-refractivity contribution in [3.05, 3.63) is 11.7 Å². The normalized spacial score (nSPS) is 18.2. The van der Waals surface area contributed by atoms with E-state index in [0.29, 0.717) is 24.7 Å². The second kappa shape index (κ2) is 7.54. The lowest BCUT2D eigenvalue weighted by Crippen LogP contribution is -2.40. The number of hydrogen-bond donors (Lipinski definition) is 0. The molecule has 23 heavy (non-hydrogen) atoms. The minimum absolute atomic E-state index is 0.00340. The van der Waals surface area contributed by atoms with E-state index < -0.39 is 0 Å². The fraction of sp³-hybridized carbons (Fsp3) is 0.733. The van der Waals surface area contributed by atoms with Crippen molar-refractivity contribution in [2.24, 2.45) is 0 Å². The third kappa shape index (κ3) is 4.75. The van der Waals surface area contributed by atoms with Gasteiger partial charge in [0.05, 0.1) is 6.54 Å². The van der Waals surface area contributed by atoms with Crippen LogP contribution in [0.4, 0.5) is 0 Å². The third-order valence-corrected chi connectivity index (χ3v) is 4.11.